The zero-order valence-electron chi connectivity index (χ0n) is 23.4. The second-order valence-corrected chi connectivity index (χ2v) is 10.0. The maximum atomic E-state index is 12.8. The van der Waals surface area contributed by atoms with Gasteiger partial charge in [-0.2, -0.15) is 0 Å². The van der Waals surface area contributed by atoms with Gasteiger partial charge in [-0.25, -0.2) is 0 Å². The Morgan fingerprint density at radius 1 is 0.833 bits per heavy atom. The van der Waals surface area contributed by atoms with E-state index in [1.807, 2.05) is 0 Å². The number of hydrogen-bond donors (Lipinski definition) is 0. The highest BCUT2D eigenvalue weighted by molar-refractivity contribution is 5.75. The van der Waals surface area contributed by atoms with Crippen LogP contribution in [0.5, 0.6) is 0 Å². The second-order valence-electron chi connectivity index (χ2n) is 10.0. The van der Waals surface area contributed by atoms with Gasteiger partial charge in [-0.15, -0.1) is 0 Å². The van der Waals surface area contributed by atoms with E-state index in [0.29, 0.717) is 19.0 Å². The molecule has 0 aromatic carbocycles. The lowest BCUT2D eigenvalue weighted by molar-refractivity contribution is -0.148. The number of pyridine rings is 1. The fourth-order valence-electron chi connectivity index (χ4n) is 5.06. The van der Waals surface area contributed by atoms with Crippen molar-refractivity contribution in [1.82, 2.24) is 19.7 Å². The number of esters is 2. The van der Waals surface area contributed by atoms with Crippen molar-refractivity contribution in [2.45, 2.75) is 97.4 Å². The molecule has 1 aliphatic rings. The third-order valence-electron chi connectivity index (χ3n) is 7.37. The lowest BCUT2D eigenvalue weighted by atomic mass is 10.1. The smallest absolute Gasteiger partial charge is 0.323 e. The molecule has 8 nitrogen and oxygen atoms in total. The first kappa shape index (κ1) is 30.2. The number of rotatable bonds is 11. The number of carbonyl (C=O) groups is 2. The van der Waals surface area contributed by atoms with Gasteiger partial charge < -0.3 is 9.47 Å². The van der Waals surface area contributed by atoms with Gasteiger partial charge in [0.15, 0.2) is 0 Å². The minimum Gasteiger partial charge on any atom is -0.469 e. The third-order valence-corrected chi connectivity index (χ3v) is 7.37. The van der Waals surface area contributed by atoms with Crippen LogP contribution in [-0.2, 0) is 32.2 Å². The predicted octanol–water partition coefficient (Wildman–Crippen LogP) is 3.87. The second kappa shape index (κ2) is 15.9. The van der Waals surface area contributed by atoms with Crippen molar-refractivity contribution in [3.63, 3.8) is 0 Å². The molecule has 0 spiro atoms. The largest absolute Gasteiger partial charge is 0.469 e. The minimum atomic E-state index is -0.304. The molecule has 0 saturated heterocycles. The van der Waals surface area contributed by atoms with Crippen molar-refractivity contribution in [3.8, 4) is 0 Å². The normalized spacial score (nSPS) is 18.9. The molecule has 2 rings (SSSR count). The highest BCUT2D eigenvalue weighted by atomic mass is 16.5. The highest BCUT2D eigenvalue weighted by Gasteiger charge is 2.28. The minimum absolute atomic E-state index is 0.172. The van der Waals surface area contributed by atoms with Gasteiger partial charge >= 0.3 is 11.9 Å². The van der Waals surface area contributed by atoms with Gasteiger partial charge in [0.25, 0.3) is 0 Å². The molecule has 1 aromatic rings. The Hall–Kier alpha value is -2.03. The summed E-state index contributed by atoms with van der Waals surface area (Å²) in [5.41, 5.74) is 2.04. The number of ether oxygens (including phenoxy) is 2. The first-order chi connectivity index (χ1) is 17.3. The van der Waals surface area contributed by atoms with Crippen molar-refractivity contribution in [2.24, 2.45) is 0 Å². The van der Waals surface area contributed by atoms with E-state index in [1.165, 1.54) is 14.2 Å². The Bertz CT molecular complexity index is 806. The Morgan fingerprint density at radius 3 is 1.97 bits per heavy atom. The Kier molecular flexibility index (Phi) is 13.4. The monoisotopic (exact) mass is 504 g/mol. The molecule has 0 radical (unpaired) electrons. The third kappa shape index (κ3) is 9.45. The molecule has 1 aliphatic heterocycles. The maximum absolute atomic E-state index is 12.8. The molecule has 3 unspecified atom stereocenters. The molecule has 1 aromatic heterocycles. The fraction of sp³-hybridized carbons (Fsp3) is 0.750. The molecule has 0 N–H and O–H groups in total. The van der Waals surface area contributed by atoms with Gasteiger partial charge in [-0.3, -0.25) is 29.3 Å². The van der Waals surface area contributed by atoms with Gasteiger partial charge in [-0.1, -0.05) is 32.8 Å². The molecule has 0 fully saturated rings. The summed E-state index contributed by atoms with van der Waals surface area (Å²) in [5.74, 6) is -0.362. The van der Waals surface area contributed by atoms with Crippen molar-refractivity contribution in [1.29, 1.82) is 0 Å². The first-order valence-corrected chi connectivity index (χ1v) is 13.6. The molecule has 36 heavy (non-hydrogen) atoms. The predicted molar refractivity (Wildman–Crippen MR) is 142 cm³/mol. The molecule has 0 saturated carbocycles. The molecule has 8 heteroatoms. The van der Waals surface area contributed by atoms with E-state index in [9.17, 15) is 9.59 Å². The summed E-state index contributed by atoms with van der Waals surface area (Å²) in [6.45, 7) is 13.6. The SMILES string of the molecule is CCCC(C)N1CCN(C(C)CCC(=O)OC)CCN(C(CCC)C(=O)OC)Cc2cccc(n2)C1. The number of nitrogens with zero attached hydrogens (tertiary/aromatic N) is 4. The van der Waals surface area contributed by atoms with Gasteiger partial charge in [0.1, 0.15) is 6.04 Å². The van der Waals surface area contributed by atoms with Crippen LogP contribution in [-0.4, -0.2) is 90.1 Å². The average molecular weight is 505 g/mol. The molecular weight excluding hydrogens is 456 g/mol. The summed E-state index contributed by atoms with van der Waals surface area (Å²) < 4.78 is 10.1. The Morgan fingerprint density at radius 2 is 1.39 bits per heavy atom. The molecule has 3 atom stereocenters. The van der Waals surface area contributed by atoms with E-state index in [4.69, 9.17) is 14.5 Å². The van der Waals surface area contributed by atoms with Gasteiger partial charge in [0, 0.05) is 57.8 Å². The number of carbonyl (C=O) groups excluding carboxylic acids is 2. The van der Waals surface area contributed by atoms with Crippen LogP contribution < -0.4 is 0 Å². The molecular formula is C28H48N4O4. The van der Waals surface area contributed by atoms with Crippen LogP contribution in [0.3, 0.4) is 0 Å². The summed E-state index contributed by atoms with van der Waals surface area (Å²) in [6.07, 6.45) is 5.07. The first-order valence-electron chi connectivity index (χ1n) is 13.6. The van der Waals surface area contributed by atoms with Gasteiger partial charge in [0.05, 0.1) is 25.6 Å². The number of hydrogen-bond acceptors (Lipinski definition) is 8. The highest BCUT2D eigenvalue weighted by Crippen LogP contribution is 2.18. The molecule has 2 bridgehead atoms. The van der Waals surface area contributed by atoms with E-state index < -0.39 is 0 Å². The number of fused-ring (bicyclic) bond motifs is 2. The summed E-state index contributed by atoms with van der Waals surface area (Å²) in [5, 5.41) is 0. The van der Waals surface area contributed by atoms with Crippen LogP contribution in [0.4, 0.5) is 0 Å². The van der Waals surface area contributed by atoms with E-state index in [1.54, 1.807) is 0 Å². The standard InChI is InChI=1S/C28H48N4O4/c1-7-10-22(3)31-18-16-30(23(4)14-15-27(33)35-5)17-19-32(26(11-8-2)28(34)36-6)21-25-13-9-12-24(20-31)29-25/h9,12-13,22-23,26H,7-8,10-11,14-21H2,1-6H3. The van der Waals surface area contributed by atoms with Crippen LogP contribution in [0.1, 0.15) is 77.6 Å². The van der Waals surface area contributed by atoms with E-state index in [2.05, 4.69) is 60.6 Å². The quantitative estimate of drug-likeness (QED) is 0.421. The zero-order valence-corrected chi connectivity index (χ0v) is 23.4. The van der Waals surface area contributed by atoms with Crippen LogP contribution in [0.25, 0.3) is 0 Å². The van der Waals surface area contributed by atoms with Crippen molar-refractivity contribution < 1.29 is 19.1 Å². The summed E-state index contributed by atoms with van der Waals surface area (Å²) in [7, 11) is 2.91. The topological polar surface area (TPSA) is 75.2 Å². The summed E-state index contributed by atoms with van der Waals surface area (Å²) in [6, 6.07) is 6.61. The number of methoxy groups -OCH3 is 2. The zero-order chi connectivity index (χ0) is 26.5. The van der Waals surface area contributed by atoms with Crippen LogP contribution in [0.15, 0.2) is 18.2 Å². The van der Waals surface area contributed by atoms with Crippen LogP contribution >= 0.6 is 0 Å². The average Bonchev–Trinajstić information content (AvgIpc) is 2.88. The molecule has 0 amide bonds. The van der Waals surface area contributed by atoms with Crippen molar-refractivity contribution in [2.75, 3.05) is 40.4 Å². The Labute approximate surface area is 218 Å². The van der Waals surface area contributed by atoms with E-state index >= 15 is 0 Å². The lowest BCUT2D eigenvalue weighted by Gasteiger charge is -2.37. The summed E-state index contributed by atoms with van der Waals surface area (Å²) in [4.78, 5) is 36.8. The fourth-order valence-corrected chi connectivity index (χ4v) is 5.06. The van der Waals surface area contributed by atoms with Gasteiger partial charge in [-0.05, 0) is 45.2 Å². The summed E-state index contributed by atoms with van der Waals surface area (Å²) >= 11 is 0. The van der Waals surface area contributed by atoms with E-state index in [-0.39, 0.29) is 24.0 Å². The van der Waals surface area contributed by atoms with E-state index in [0.717, 1.165) is 76.2 Å². The van der Waals surface area contributed by atoms with Crippen molar-refractivity contribution >= 4 is 11.9 Å². The molecule has 204 valence electrons. The number of aromatic nitrogens is 1. The van der Waals surface area contributed by atoms with Crippen LogP contribution in [0, 0.1) is 0 Å². The molecule has 2 heterocycles. The Balaban J connectivity index is 2.37. The lowest BCUT2D eigenvalue weighted by Crippen LogP contribution is -2.49. The van der Waals surface area contributed by atoms with Gasteiger partial charge in [0.2, 0.25) is 0 Å². The van der Waals surface area contributed by atoms with Crippen molar-refractivity contribution in [3.05, 3.63) is 29.6 Å². The molecule has 0 aliphatic carbocycles. The van der Waals surface area contributed by atoms with Crippen LogP contribution in [0.2, 0.25) is 0 Å². The maximum Gasteiger partial charge on any atom is 0.323 e.